The third kappa shape index (κ3) is 2.58. The predicted octanol–water partition coefficient (Wildman–Crippen LogP) is 1.93. The summed E-state index contributed by atoms with van der Waals surface area (Å²) in [5, 5.41) is 0. The van der Waals surface area contributed by atoms with Crippen LogP contribution in [0.4, 0.5) is 0 Å². The Morgan fingerprint density at radius 2 is 2.00 bits per heavy atom. The molecule has 0 atom stereocenters. The molecule has 1 aromatic carbocycles. The second-order valence-electron chi connectivity index (χ2n) is 3.03. The maximum Gasteiger partial charge on any atom is 0.139 e. The van der Waals surface area contributed by atoms with Gasteiger partial charge in [0.15, 0.2) is 0 Å². The highest BCUT2D eigenvalue weighted by Gasteiger charge is 2.13. The second-order valence-corrected chi connectivity index (χ2v) is 3.85. The molecule has 1 rings (SSSR count). The summed E-state index contributed by atoms with van der Waals surface area (Å²) < 4.78 is 10.7. The second kappa shape index (κ2) is 5.88. The predicted molar refractivity (Wildman–Crippen MR) is 64.1 cm³/mol. The first-order chi connectivity index (χ1) is 7.28. The number of nitrogens with two attached hydrogens (primary N) is 1. The minimum atomic E-state index is 0.622. The van der Waals surface area contributed by atoms with E-state index < -0.39 is 0 Å². The van der Waals surface area contributed by atoms with Crippen molar-refractivity contribution in [2.45, 2.75) is 11.3 Å². The molecule has 0 spiro atoms. The van der Waals surface area contributed by atoms with Crippen LogP contribution >= 0.6 is 11.8 Å². The third-order valence-electron chi connectivity index (χ3n) is 2.20. The standard InChI is InChI=1S/C11H17NO2S/c1-13-9-5-4-8(6-7-12)10(14-2)11(9)15-3/h4-5H,6-7,12H2,1-3H3. The van der Waals surface area contributed by atoms with Gasteiger partial charge in [0.25, 0.3) is 0 Å². The van der Waals surface area contributed by atoms with Crippen molar-refractivity contribution in [2.75, 3.05) is 27.0 Å². The molecular formula is C11H17NO2S. The smallest absolute Gasteiger partial charge is 0.139 e. The minimum Gasteiger partial charge on any atom is -0.495 e. The minimum absolute atomic E-state index is 0.622. The van der Waals surface area contributed by atoms with Crippen LogP contribution in [0.3, 0.4) is 0 Å². The van der Waals surface area contributed by atoms with Gasteiger partial charge in [-0.1, -0.05) is 6.07 Å². The Morgan fingerprint density at radius 3 is 2.47 bits per heavy atom. The van der Waals surface area contributed by atoms with Gasteiger partial charge in [-0.05, 0) is 30.9 Å². The van der Waals surface area contributed by atoms with Crippen LogP contribution in [0.5, 0.6) is 11.5 Å². The van der Waals surface area contributed by atoms with E-state index in [9.17, 15) is 0 Å². The van der Waals surface area contributed by atoms with Crippen molar-refractivity contribution >= 4 is 11.8 Å². The largest absolute Gasteiger partial charge is 0.495 e. The van der Waals surface area contributed by atoms with E-state index >= 15 is 0 Å². The molecule has 1 aromatic rings. The third-order valence-corrected chi connectivity index (χ3v) is 2.99. The molecule has 0 unspecified atom stereocenters. The Hall–Kier alpha value is -0.870. The van der Waals surface area contributed by atoms with Gasteiger partial charge in [-0.3, -0.25) is 0 Å². The summed E-state index contributed by atoms with van der Waals surface area (Å²) in [7, 11) is 3.34. The summed E-state index contributed by atoms with van der Waals surface area (Å²) in [6.07, 6.45) is 2.83. The SMILES string of the molecule is COc1ccc(CCN)c(OC)c1SC. The van der Waals surface area contributed by atoms with Crippen LogP contribution in [0.2, 0.25) is 0 Å². The van der Waals surface area contributed by atoms with Crippen molar-refractivity contribution in [3.8, 4) is 11.5 Å². The monoisotopic (exact) mass is 227 g/mol. The molecule has 0 aliphatic heterocycles. The van der Waals surface area contributed by atoms with Gasteiger partial charge in [0, 0.05) is 0 Å². The fraction of sp³-hybridized carbons (Fsp3) is 0.455. The van der Waals surface area contributed by atoms with Crippen LogP contribution in [0.1, 0.15) is 5.56 Å². The first-order valence-electron chi connectivity index (χ1n) is 4.76. The lowest BCUT2D eigenvalue weighted by Gasteiger charge is -2.14. The quantitative estimate of drug-likeness (QED) is 0.781. The molecule has 0 amide bonds. The summed E-state index contributed by atoms with van der Waals surface area (Å²) in [6, 6.07) is 3.96. The van der Waals surface area contributed by atoms with E-state index in [2.05, 4.69) is 0 Å². The first kappa shape index (κ1) is 12.2. The van der Waals surface area contributed by atoms with Crippen LogP contribution in [-0.2, 0) is 6.42 Å². The maximum atomic E-state index is 5.55. The zero-order chi connectivity index (χ0) is 11.3. The molecule has 0 radical (unpaired) electrons. The molecule has 0 aliphatic carbocycles. The lowest BCUT2D eigenvalue weighted by Crippen LogP contribution is -2.05. The van der Waals surface area contributed by atoms with E-state index in [-0.39, 0.29) is 0 Å². The Bertz CT molecular complexity index is 329. The van der Waals surface area contributed by atoms with Gasteiger partial charge >= 0.3 is 0 Å². The highest BCUT2D eigenvalue weighted by molar-refractivity contribution is 7.98. The number of thioether (sulfide) groups is 1. The highest BCUT2D eigenvalue weighted by Crippen LogP contribution is 2.39. The lowest BCUT2D eigenvalue weighted by molar-refractivity contribution is 0.373. The number of benzene rings is 1. The molecule has 15 heavy (non-hydrogen) atoms. The van der Waals surface area contributed by atoms with Crippen LogP contribution < -0.4 is 15.2 Å². The zero-order valence-corrected chi connectivity index (χ0v) is 10.2. The number of rotatable bonds is 5. The van der Waals surface area contributed by atoms with E-state index in [1.807, 2.05) is 18.4 Å². The van der Waals surface area contributed by atoms with E-state index in [0.717, 1.165) is 28.4 Å². The topological polar surface area (TPSA) is 44.5 Å². The Balaban J connectivity index is 3.21. The molecule has 2 N–H and O–H groups in total. The molecule has 0 saturated heterocycles. The zero-order valence-electron chi connectivity index (χ0n) is 9.37. The number of hydrogen-bond acceptors (Lipinski definition) is 4. The van der Waals surface area contributed by atoms with Crippen molar-refractivity contribution in [2.24, 2.45) is 5.73 Å². The summed E-state index contributed by atoms with van der Waals surface area (Å²) >= 11 is 1.62. The van der Waals surface area contributed by atoms with Crippen molar-refractivity contribution in [3.63, 3.8) is 0 Å². The fourth-order valence-electron chi connectivity index (χ4n) is 1.52. The van der Waals surface area contributed by atoms with Gasteiger partial charge in [0.2, 0.25) is 0 Å². The van der Waals surface area contributed by atoms with Crippen LogP contribution in [0.25, 0.3) is 0 Å². The van der Waals surface area contributed by atoms with Crippen molar-refractivity contribution in [1.29, 1.82) is 0 Å². The number of methoxy groups -OCH3 is 2. The summed E-state index contributed by atoms with van der Waals surface area (Å²) in [6.45, 7) is 0.622. The maximum absolute atomic E-state index is 5.55. The highest BCUT2D eigenvalue weighted by atomic mass is 32.2. The van der Waals surface area contributed by atoms with Crippen molar-refractivity contribution < 1.29 is 9.47 Å². The fourth-order valence-corrected chi connectivity index (χ4v) is 2.27. The molecule has 84 valence electrons. The average molecular weight is 227 g/mol. The van der Waals surface area contributed by atoms with E-state index in [0.29, 0.717) is 6.54 Å². The number of ether oxygens (including phenoxy) is 2. The molecule has 0 aliphatic rings. The van der Waals surface area contributed by atoms with E-state index in [4.69, 9.17) is 15.2 Å². The summed E-state index contributed by atoms with van der Waals surface area (Å²) in [5.74, 6) is 1.73. The molecule has 0 aromatic heterocycles. The molecule has 0 fully saturated rings. The van der Waals surface area contributed by atoms with Gasteiger partial charge in [-0.15, -0.1) is 11.8 Å². The molecular weight excluding hydrogens is 210 g/mol. The average Bonchev–Trinajstić information content (AvgIpc) is 2.28. The van der Waals surface area contributed by atoms with Gasteiger partial charge in [0.1, 0.15) is 11.5 Å². The van der Waals surface area contributed by atoms with Gasteiger partial charge in [-0.2, -0.15) is 0 Å². The van der Waals surface area contributed by atoms with Crippen LogP contribution in [0, 0.1) is 0 Å². The number of hydrogen-bond donors (Lipinski definition) is 1. The van der Waals surface area contributed by atoms with Gasteiger partial charge in [0.05, 0.1) is 19.1 Å². The van der Waals surface area contributed by atoms with Crippen molar-refractivity contribution in [3.05, 3.63) is 17.7 Å². The molecule has 4 heteroatoms. The van der Waals surface area contributed by atoms with Crippen LogP contribution in [0.15, 0.2) is 17.0 Å². The first-order valence-corrected chi connectivity index (χ1v) is 5.98. The summed E-state index contributed by atoms with van der Waals surface area (Å²) in [4.78, 5) is 1.03. The van der Waals surface area contributed by atoms with E-state index in [1.54, 1.807) is 26.0 Å². The lowest BCUT2D eigenvalue weighted by atomic mass is 10.1. The Kier molecular flexibility index (Phi) is 4.78. The van der Waals surface area contributed by atoms with E-state index in [1.165, 1.54) is 0 Å². The summed E-state index contributed by atoms with van der Waals surface area (Å²) in [5.41, 5.74) is 6.68. The molecule has 0 saturated carbocycles. The van der Waals surface area contributed by atoms with Crippen LogP contribution in [-0.4, -0.2) is 27.0 Å². The molecule has 0 bridgehead atoms. The normalized spacial score (nSPS) is 10.1. The Labute approximate surface area is 94.9 Å². The van der Waals surface area contributed by atoms with Crippen molar-refractivity contribution in [1.82, 2.24) is 0 Å². The molecule has 0 heterocycles. The van der Waals surface area contributed by atoms with Gasteiger partial charge < -0.3 is 15.2 Å². The Morgan fingerprint density at radius 1 is 1.27 bits per heavy atom. The molecule has 3 nitrogen and oxygen atoms in total. The van der Waals surface area contributed by atoms with Gasteiger partial charge in [-0.25, -0.2) is 0 Å².